The van der Waals surface area contributed by atoms with Crippen LogP contribution in [-0.2, 0) is 6.54 Å². The highest BCUT2D eigenvalue weighted by atomic mass is 16.6. The lowest BCUT2D eigenvalue weighted by molar-refractivity contribution is -0.384. The summed E-state index contributed by atoms with van der Waals surface area (Å²) in [6.07, 6.45) is 2.03. The fraction of sp³-hybridized carbons (Fsp3) is 0.600. The van der Waals surface area contributed by atoms with Crippen LogP contribution in [0.25, 0.3) is 0 Å². The first-order valence-electron chi connectivity index (χ1n) is 7.21. The van der Waals surface area contributed by atoms with Crippen molar-refractivity contribution in [2.24, 2.45) is 0 Å². The summed E-state index contributed by atoms with van der Waals surface area (Å²) in [7, 11) is 2.08. The fourth-order valence-electron chi connectivity index (χ4n) is 2.00. The highest BCUT2D eigenvalue weighted by Crippen LogP contribution is 2.26. The van der Waals surface area contributed by atoms with Crippen molar-refractivity contribution in [1.82, 2.24) is 4.90 Å². The van der Waals surface area contributed by atoms with Crippen LogP contribution in [0.5, 0.6) is 0 Å². The van der Waals surface area contributed by atoms with Gasteiger partial charge in [0, 0.05) is 25.2 Å². The molecular formula is C15H25N3O2. The molecule has 0 saturated heterocycles. The van der Waals surface area contributed by atoms with Crippen LogP contribution in [0.4, 0.5) is 11.4 Å². The van der Waals surface area contributed by atoms with Gasteiger partial charge in [0.1, 0.15) is 5.69 Å². The zero-order valence-corrected chi connectivity index (χ0v) is 12.8. The zero-order chi connectivity index (χ0) is 15.1. The Kier molecular flexibility index (Phi) is 6.45. The molecule has 0 radical (unpaired) electrons. The van der Waals surface area contributed by atoms with Gasteiger partial charge in [-0.2, -0.15) is 0 Å². The molecule has 20 heavy (non-hydrogen) atoms. The minimum atomic E-state index is -0.333. The number of rotatable bonds is 8. The highest BCUT2D eigenvalue weighted by molar-refractivity contribution is 5.62. The van der Waals surface area contributed by atoms with Crippen LogP contribution in [0.15, 0.2) is 18.2 Å². The van der Waals surface area contributed by atoms with Crippen LogP contribution in [0.3, 0.4) is 0 Å². The molecule has 1 N–H and O–H groups in total. The quantitative estimate of drug-likeness (QED) is 0.583. The average molecular weight is 279 g/mol. The van der Waals surface area contributed by atoms with E-state index in [0.717, 1.165) is 31.5 Å². The van der Waals surface area contributed by atoms with E-state index in [1.165, 1.54) is 0 Å². The van der Waals surface area contributed by atoms with Crippen molar-refractivity contribution in [3.8, 4) is 0 Å². The predicted octanol–water partition coefficient (Wildman–Crippen LogP) is 3.65. The van der Waals surface area contributed by atoms with Gasteiger partial charge in [-0.1, -0.05) is 19.9 Å². The van der Waals surface area contributed by atoms with E-state index >= 15 is 0 Å². The monoisotopic (exact) mass is 279 g/mol. The minimum Gasteiger partial charge on any atom is -0.379 e. The first-order valence-corrected chi connectivity index (χ1v) is 7.21. The van der Waals surface area contributed by atoms with Crippen LogP contribution in [0.1, 0.15) is 39.2 Å². The smallest absolute Gasteiger partial charge is 0.292 e. The number of anilines is 1. The predicted molar refractivity (Wildman–Crippen MR) is 83.1 cm³/mol. The van der Waals surface area contributed by atoms with E-state index in [1.807, 2.05) is 19.1 Å². The Balaban J connectivity index is 2.91. The normalized spacial score (nSPS) is 12.4. The molecule has 1 rings (SSSR count). The van der Waals surface area contributed by atoms with Gasteiger partial charge in [0.25, 0.3) is 5.69 Å². The van der Waals surface area contributed by atoms with Crippen molar-refractivity contribution in [3.05, 3.63) is 33.9 Å². The molecule has 5 heteroatoms. The van der Waals surface area contributed by atoms with Gasteiger partial charge in [-0.25, -0.2) is 0 Å². The van der Waals surface area contributed by atoms with Crippen LogP contribution in [-0.4, -0.2) is 29.5 Å². The average Bonchev–Trinajstić information content (AvgIpc) is 2.43. The van der Waals surface area contributed by atoms with E-state index in [2.05, 4.69) is 31.1 Å². The first-order chi connectivity index (χ1) is 9.49. The molecule has 0 heterocycles. The minimum absolute atomic E-state index is 0.147. The van der Waals surface area contributed by atoms with Gasteiger partial charge in [-0.05, 0) is 38.4 Å². The first kappa shape index (κ1) is 16.4. The molecule has 0 aliphatic heterocycles. The summed E-state index contributed by atoms with van der Waals surface area (Å²) in [6.45, 7) is 7.92. The SMILES string of the molecule is CCCNc1cc(CN(C)C(C)CC)ccc1[N+](=O)[O-]. The van der Waals surface area contributed by atoms with Gasteiger partial charge in [-0.15, -0.1) is 0 Å². The molecule has 1 unspecified atom stereocenters. The number of nitro groups is 1. The molecule has 0 aliphatic carbocycles. The zero-order valence-electron chi connectivity index (χ0n) is 12.8. The maximum absolute atomic E-state index is 11.0. The van der Waals surface area contributed by atoms with Gasteiger partial charge >= 0.3 is 0 Å². The molecule has 0 amide bonds. The summed E-state index contributed by atoms with van der Waals surface area (Å²) in [5, 5.41) is 14.2. The third-order valence-electron chi connectivity index (χ3n) is 3.60. The molecule has 5 nitrogen and oxygen atoms in total. The van der Waals surface area contributed by atoms with E-state index in [1.54, 1.807) is 6.07 Å². The number of nitrogens with one attached hydrogen (secondary N) is 1. The van der Waals surface area contributed by atoms with Gasteiger partial charge in [0.15, 0.2) is 0 Å². The van der Waals surface area contributed by atoms with Crippen LogP contribution >= 0.6 is 0 Å². The Morgan fingerprint density at radius 1 is 1.40 bits per heavy atom. The van der Waals surface area contributed by atoms with Crippen molar-refractivity contribution < 1.29 is 4.92 Å². The van der Waals surface area contributed by atoms with E-state index in [9.17, 15) is 10.1 Å². The standard InChI is InChI=1S/C15H25N3O2/c1-5-9-16-14-10-13(7-8-15(14)18(19)20)11-17(4)12(3)6-2/h7-8,10,12,16H,5-6,9,11H2,1-4H3. The second-order valence-corrected chi connectivity index (χ2v) is 5.21. The van der Waals surface area contributed by atoms with Crippen LogP contribution in [0.2, 0.25) is 0 Å². The van der Waals surface area contributed by atoms with E-state index in [4.69, 9.17) is 0 Å². The van der Waals surface area contributed by atoms with E-state index in [0.29, 0.717) is 11.7 Å². The Morgan fingerprint density at radius 2 is 2.10 bits per heavy atom. The molecule has 0 aromatic heterocycles. The number of nitro benzene ring substituents is 1. The third-order valence-corrected chi connectivity index (χ3v) is 3.60. The van der Waals surface area contributed by atoms with E-state index in [-0.39, 0.29) is 10.6 Å². The summed E-state index contributed by atoms with van der Waals surface area (Å²) >= 11 is 0. The van der Waals surface area contributed by atoms with Gasteiger partial charge in [0.2, 0.25) is 0 Å². The highest BCUT2D eigenvalue weighted by Gasteiger charge is 2.15. The summed E-state index contributed by atoms with van der Waals surface area (Å²) in [4.78, 5) is 12.9. The summed E-state index contributed by atoms with van der Waals surface area (Å²) in [6, 6.07) is 5.83. The second-order valence-electron chi connectivity index (χ2n) is 5.21. The molecule has 0 spiro atoms. The number of benzene rings is 1. The molecule has 0 saturated carbocycles. The van der Waals surface area contributed by atoms with Crippen LogP contribution in [0, 0.1) is 10.1 Å². The summed E-state index contributed by atoms with van der Waals surface area (Å²) in [5.74, 6) is 0. The second kappa shape index (κ2) is 7.85. The fourth-order valence-corrected chi connectivity index (χ4v) is 2.00. The van der Waals surface area contributed by atoms with Crippen molar-refractivity contribution >= 4 is 11.4 Å². The van der Waals surface area contributed by atoms with Crippen molar-refractivity contribution in [2.75, 3.05) is 18.9 Å². The van der Waals surface area contributed by atoms with Crippen molar-refractivity contribution in [1.29, 1.82) is 0 Å². The van der Waals surface area contributed by atoms with E-state index < -0.39 is 0 Å². The molecule has 0 aliphatic rings. The Labute approximate surface area is 121 Å². The van der Waals surface area contributed by atoms with Crippen LogP contribution < -0.4 is 5.32 Å². The lowest BCUT2D eigenvalue weighted by atomic mass is 10.1. The van der Waals surface area contributed by atoms with Crippen molar-refractivity contribution in [3.63, 3.8) is 0 Å². The molecule has 1 atom stereocenters. The van der Waals surface area contributed by atoms with Gasteiger partial charge < -0.3 is 5.32 Å². The van der Waals surface area contributed by atoms with Crippen molar-refractivity contribution in [2.45, 2.75) is 46.2 Å². The number of nitrogens with zero attached hydrogens (tertiary/aromatic N) is 2. The molecule has 0 fully saturated rings. The summed E-state index contributed by atoms with van der Waals surface area (Å²) in [5.41, 5.74) is 1.86. The Morgan fingerprint density at radius 3 is 2.65 bits per heavy atom. The maximum atomic E-state index is 11.0. The molecular weight excluding hydrogens is 254 g/mol. The number of hydrogen-bond acceptors (Lipinski definition) is 4. The Bertz CT molecular complexity index is 449. The van der Waals surface area contributed by atoms with Gasteiger partial charge in [0.05, 0.1) is 4.92 Å². The summed E-state index contributed by atoms with van der Waals surface area (Å²) < 4.78 is 0. The largest absolute Gasteiger partial charge is 0.379 e. The Hall–Kier alpha value is -1.62. The molecule has 112 valence electrons. The maximum Gasteiger partial charge on any atom is 0.292 e. The lowest BCUT2D eigenvalue weighted by Crippen LogP contribution is -2.27. The molecule has 1 aromatic rings. The molecule has 0 bridgehead atoms. The van der Waals surface area contributed by atoms with Gasteiger partial charge in [-0.3, -0.25) is 15.0 Å². The molecule has 1 aromatic carbocycles. The number of hydrogen-bond donors (Lipinski definition) is 1. The topological polar surface area (TPSA) is 58.4 Å². The third kappa shape index (κ3) is 4.49. The lowest BCUT2D eigenvalue weighted by Gasteiger charge is -2.23.